The summed E-state index contributed by atoms with van der Waals surface area (Å²) in [4.78, 5) is 19.1. The van der Waals surface area contributed by atoms with Crippen molar-refractivity contribution in [2.24, 2.45) is 4.99 Å². The molecule has 1 saturated heterocycles. The first kappa shape index (κ1) is 17.7. The van der Waals surface area contributed by atoms with E-state index in [1.54, 1.807) is 30.3 Å². The van der Waals surface area contributed by atoms with E-state index in [4.69, 9.17) is 4.74 Å². The van der Waals surface area contributed by atoms with Crippen LogP contribution in [0.5, 0.6) is 0 Å². The predicted molar refractivity (Wildman–Crippen MR) is 93.8 cm³/mol. The van der Waals surface area contributed by atoms with E-state index < -0.39 is 0 Å². The summed E-state index contributed by atoms with van der Waals surface area (Å²) in [5, 5.41) is 8.90. The number of guanidine groups is 1. The Kier molecular flexibility index (Phi) is 6.85. The molecule has 1 aliphatic heterocycles. The molecular weight excluding hydrogens is 312 g/mol. The lowest BCUT2D eigenvalue weighted by molar-refractivity contribution is -0.127. The third-order valence-electron chi connectivity index (χ3n) is 3.76. The lowest BCUT2D eigenvalue weighted by atomic mass is 10.1. The van der Waals surface area contributed by atoms with Gasteiger partial charge in [-0.2, -0.15) is 0 Å². The summed E-state index contributed by atoms with van der Waals surface area (Å²) < 4.78 is 5.39. The number of ether oxygens (including phenoxy) is 1. The van der Waals surface area contributed by atoms with Gasteiger partial charge in [-0.1, -0.05) is 6.07 Å². The van der Waals surface area contributed by atoms with E-state index in [0.717, 1.165) is 26.1 Å². The molecule has 0 saturated carbocycles. The maximum absolute atomic E-state index is 11.8. The normalized spacial score (nSPS) is 17.6. The molecule has 7 heteroatoms. The van der Waals surface area contributed by atoms with Crippen molar-refractivity contribution in [2.45, 2.75) is 31.8 Å². The number of rotatable bonds is 5. The highest BCUT2D eigenvalue weighted by molar-refractivity contribution is 7.10. The Bertz CT molecular complexity index is 510. The lowest BCUT2D eigenvalue weighted by Gasteiger charge is -2.26. The second-order valence-corrected chi connectivity index (χ2v) is 6.84. The Labute approximate surface area is 141 Å². The van der Waals surface area contributed by atoms with Crippen LogP contribution in [0.1, 0.15) is 30.7 Å². The summed E-state index contributed by atoms with van der Waals surface area (Å²) in [5.41, 5.74) is 0. The molecule has 1 atom stereocenters. The second kappa shape index (κ2) is 8.88. The van der Waals surface area contributed by atoms with Crippen LogP contribution in [0.2, 0.25) is 0 Å². The van der Waals surface area contributed by atoms with E-state index in [9.17, 15) is 4.79 Å². The Balaban J connectivity index is 2.00. The largest absolute Gasteiger partial charge is 0.381 e. The Morgan fingerprint density at radius 2 is 2.22 bits per heavy atom. The van der Waals surface area contributed by atoms with Crippen LogP contribution < -0.4 is 10.6 Å². The van der Waals surface area contributed by atoms with Crippen molar-refractivity contribution >= 4 is 23.2 Å². The summed E-state index contributed by atoms with van der Waals surface area (Å²) in [7, 11) is 3.48. The van der Waals surface area contributed by atoms with Crippen molar-refractivity contribution in [2.75, 3.05) is 33.9 Å². The molecule has 2 N–H and O–H groups in total. The summed E-state index contributed by atoms with van der Waals surface area (Å²) in [5.74, 6) is 0.676. The average molecular weight is 338 g/mol. The first-order chi connectivity index (χ1) is 11.1. The molecule has 1 unspecified atom stereocenters. The van der Waals surface area contributed by atoms with E-state index in [1.165, 1.54) is 4.88 Å². The first-order valence-corrected chi connectivity index (χ1v) is 8.83. The van der Waals surface area contributed by atoms with Crippen LogP contribution in [0.15, 0.2) is 22.5 Å². The molecule has 1 aromatic heterocycles. The maximum Gasteiger partial charge on any atom is 0.243 e. The quantitative estimate of drug-likeness (QED) is 0.632. The van der Waals surface area contributed by atoms with E-state index in [-0.39, 0.29) is 18.5 Å². The van der Waals surface area contributed by atoms with Gasteiger partial charge in [0, 0.05) is 38.2 Å². The first-order valence-electron chi connectivity index (χ1n) is 7.95. The van der Waals surface area contributed by atoms with Gasteiger partial charge in [-0.15, -0.1) is 11.3 Å². The third kappa shape index (κ3) is 5.84. The average Bonchev–Trinajstić information content (AvgIpc) is 3.07. The van der Waals surface area contributed by atoms with Crippen LogP contribution in [-0.4, -0.2) is 56.7 Å². The number of likely N-dealkylation sites (N-methyl/N-ethyl adjacent to an activating group) is 1. The molecule has 0 aromatic carbocycles. The molecule has 2 heterocycles. The third-order valence-corrected chi connectivity index (χ3v) is 4.81. The maximum atomic E-state index is 11.8. The zero-order valence-corrected chi connectivity index (χ0v) is 14.9. The van der Waals surface area contributed by atoms with Gasteiger partial charge < -0.3 is 20.3 Å². The molecule has 6 nitrogen and oxygen atoms in total. The van der Waals surface area contributed by atoms with Crippen molar-refractivity contribution < 1.29 is 9.53 Å². The van der Waals surface area contributed by atoms with E-state index in [0.29, 0.717) is 12.0 Å². The standard InChI is InChI=1S/C16H26N4O2S/c1-12(14-5-4-10-23-14)18-16(17-11-15(21)20(2)3)19-13-6-8-22-9-7-13/h4-5,10,12-13H,6-9,11H2,1-3H3,(H2,17,18,19). The molecule has 2 rings (SSSR count). The summed E-state index contributed by atoms with van der Waals surface area (Å²) in [6.45, 7) is 3.77. The molecule has 128 valence electrons. The van der Waals surface area contributed by atoms with Gasteiger partial charge in [0.15, 0.2) is 5.96 Å². The van der Waals surface area contributed by atoms with E-state index >= 15 is 0 Å². The van der Waals surface area contributed by atoms with Crippen LogP contribution in [0.25, 0.3) is 0 Å². The molecule has 1 aliphatic rings. The summed E-state index contributed by atoms with van der Waals surface area (Å²) in [6.07, 6.45) is 1.91. The number of nitrogens with one attached hydrogen (secondary N) is 2. The van der Waals surface area contributed by atoms with Crippen molar-refractivity contribution in [1.82, 2.24) is 15.5 Å². The van der Waals surface area contributed by atoms with Crippen LogP contribution in [0, 0.1) is 0 Å². The molecule has 23 heavy (non-hydrogen) atoms. The number of hydrogen-bond donors (Lipinski definition) is 2. The molecule has 1 fully saturated rings. The zero-order valence-electron chi connectivity index (χ0n) is 14.0. The Hall–Kier alpha value is -1.60. The molecule has 0 spiro atoms. The summed E-state index contributed by atoms with van der Waals surface area (Å²) >= 11 is 1.71. The number of aliphatic imine (C=N–C) groups is 1. The van der Waals surface area contributed by atoms with Crippen molar-refractivity contribution in [3.05, 3.63) is 22.4 Å². The van der Waals surface area contributed by atoms with Gasteiger partial charge in [0.2, 0.25) is 5.91 Å². The zero-order chi connectivity index (χ0) is 16.7. The molecule has 0 aliphatic carbocycles. The molecule has 1 amide bonds. The van der Waals surface area contributed by atoms with Crippen LogP contribution >= 0.6 is 11.3 Å². The monoisotopic (exact) mass is 338 g/mol. The fraction of sp³-hybridized carbons (Fsp3) is 0.625. The lowest BCUT2D eigenvalue weighted by Crippen LogP contribution is -2.46. The fourth-order valence-corrected chi connectivity index (χ4v) is 3.00. The van der Waals surface area contributed by atoms with Gasteiger partial charge in [-0.25, -0.2) is 4.99 Å². The van der Waals surface area contributed by atoms with Crippen LogP contribution in [0.4, 0.5) is 0 Å². The van der Waals surface area contributed by atoms with Gasteiger partial charge in [-0.3, -0.25) is 4.79 Å². The SMILES string of the molecule is CC(NC(=NCC(=O)N(C)C)NC1CCOCC1)c1cccs1. The number of carbonyl (C=O) groups excluding carboxylic acids is 1. The number of hydrogen-bond acceptors (Lipinski definition) is 4. The minimum atomic E-state index is -0.0122. The topological polar surface area (TPSA) is 66.0 Å². The Morgan fingerprint density at radius 3 is 2.83 bits per heavy atom. The van der Waals surface area contributed by atoms with Crippen molar-refractivity contribution in [3.63, 3.8) is 0 Å². The van der Waals surface area contributed by atoms with Gasteiger partial charge >= 0.3 is 0 Å². The minimum absolute atomic E-state index is 0.0122. The highest BCUT2D eigenvalue weighted by Crippen LogP contribution is 2.18. The summed E-state index contributed by atoms with van der Waals surface area (Å²) in [6, 6.07) is 4.62. The molecule has 1 aromatic rings. The van der Waals surface area contributed by atoms with Gasteiger partial charge in [0.05, 0.1) is 6.04 Å². The van der Waals surface area contributed by atoms with Gasteiger partial charge in [0.25, 0.3) is 0 Å². The van der Waals surface area contributed by atoms with Crippen LogP contribution in [-0.2, 0) is 9.53 Å². The number of amides is 1. The fourth-order valence-electron chi connectivity index (χ4n) is 2.27. The van der Waals surface area contributed by atoms with Gasteiger partial charge in [0.1, 0.15) is 6.54 Å². The number of nitrogens with zero attached hydrogens (tertiary/aromatic N) is 2. The Morgan fingerprint density at radius 1 is 1.48 bits per heavy atom. The van der Waals surface area contributed by atoms with Crippen LogP contribution in [0.3, 0.4) is 0 Å². The number of thiophene rings is 1. The highest BCUT2D eigenvalue weighted by atomic mass is 32.1. The smallest absolute Gasteiger partial charge is 0.243 e. The highest BCUT2D eigenvalue weighted by Gasteiger charge is 2.17. The molecule has 0 bridgehead atoms. The second-order valence-electron chi connectivity index (χ2n) is 5.87. The molecular formula is C16H26N4O2S. The number of carbonyl (C=O) groups is 1. The van der Waals surface area contributed by atoms with Gasteiger partial charge in [-0.05, 0) is 31.2 Å². The van der Waals surface area contributed by atoms with Crippen molar-refractivity contribution in [3.8, 4) is 0 Å². The van der Waals surface area contributed by atoms with Crippen molar-refractivity contribution in [1.29, 1.82) is 0 Å². The predicted octanol–water partition coefficient (Wildman–Crippen LogP) is 1.61. The minimum Gasteiger partial charge on any atom is -0.381 e. The van der Waals surface area contributed by atoms with E-state index in [2.05, 4.69) is 34.0 Å². The molecule has 0 radical (unpaired) electrons. The van der Waals surface area contributed by atoms with E-state index in [1.807, 2.05) is 6.07 Å².